The summed E-state index contributed by atoms with van der Waals surface area (Å²) in [5, 5.41) is 21.3. The van der Waals surface area contributed by atoms with Crippen molar-refractivity contribution in [2.75, 3.05) is 32.8 Å². The van der Waals surface area contributed by atoms with Crippen LogP contribution in [0.3, 0.4) is 0 Å². The molecule has 2 aromatic rings. The molecular formula is C32H46N6O7. The number of aromatic nitrogens is 1. The molecule has 0 aliphatic carbocycles. The van der Waals surface area contributed by atoms with E-state index in [1.807, 2.05) is 13.8 Å². The van der Waals surface area contributed by atoms with Gasteiger partial charge in [-0.25, -0.2) is 0 Å². The van der Waals surface area contributed by atoms with Crippen LogP contribution in [-0.2, 0) is 25.6 Å². The van der Waals surface area contributed by atoms with Crippen molar-refractivity contribution < 1.29 is 33.8 Å². The predicted octanol–water partition coefficient (Wildman–Crippen LogP) is 0.891. The Morgan fingerprint density at radius 1 is 0.933 bits per heavy atom. The number of ether oxygens (including phenoxy) is 1. The molecule has 1 aromatic heterocycles. The van der Waals surface area contributed by atoms with E-state index in [1.165, 1.54) is 6.92 Å². The van der Waals surface area contributed by atoms with Crippen LogP contribution in [0.25, 0.3) is 0 Å². The number of aliphatic hydroxyl groups excluding tert-OH is 1. The van der Waals surface area contributed by atoms with Gasteiger partial charge in [-0.2, -0.15) is 0 Å². The van der Waals surface area contributed by atoms with Crippen LogP contribution in [0.15, 0.2) is 42.6 Å². The summed E-state index contributed by atoms with van der Waals surface area (Å²) in [5.74, 6) is -1.54. The second-order valence-electron chi connectivity index (χ2n) is 11.7. The first kappa shape index (κ1) is 35.1. The highest BCUT2D eigenvalue weighted by atomic mass is 16.5. The standard InChI is InChI=1S/C32H46N6O7/c1-21(2)17-26-30(42)37-29(22(3)39)31(43)35-12-4-5-15-38(32(44)25-11-7-13-33-25)16-8-14-34-28(41)20-45-24-10-6-9-23(18-24)19-27(40)36-26/h6-7,9-11,13,18,21-22,26,29,33,39H,4-5,8,12,14-17,19-20H2,1-3H3,(H,34,41)(H,35,43)(H,36,40)(H,37,42)/t22-,26-,29+/m1/s1. The molecule has 1 aliphatic rings. The lowest BCUT2D eigenvalue weighted by molar-refractivity contribution is -0.134. The Labute approximate surface area is 263 Å². The van der Waals surface area contributed by atoms with E-state index >= 15 is 0 Å². The van der Waals surface area contributed by atoms with Gasteiger partial charge in [-0.3, -0.25) is 24.0 Å². The molecule has 1 aliphatic heterocycles. The number of rotatable bonds is 4. The molecule has 0 spiro atoms. The van der Waals surface area contributed by atoms with Gasteiger partial charge in [0.25, 0.3) is 11.8 Å². The van der Waals surface area contributed by atoms with Gasteiger partial charge in [0.05, 0.1) is 12.5 Å². The molecule has 13 heteroatoms. The Bertz CT molecular complexity index is 1280. The number of nitrogens with one attached hydrogen (secondary N) is 5. The second-order valence-corrected chi connectivity index (χ2v) is 11.7. The molecule has 0 saturated carbocycles. The van der Waals surface area contributed by atoms with Crippen LogP contribution in [0.1, 0.15) is 62.5 Å². The molecule has 246 valence electrons. The van der Waals surface area contributed by atoms with Crippen molar-refractivity contribution in [3.63, 3.8) is 0 Å². The van der Waals surface area contributed by atoms with Crippen LogP contribution in [0.2, 0.25) is 0 Å². The van der Waals surface area contributed by atoms with E-state index in [1.54, 1.807) is 47.5 Å². The van der Waals surface area contributed by atoms with E-state index in [0.717, 1.165) is 0 Å². The smallest absolute Gasteiger partial charge is 0.270 e. The van der Waals surface area contributed by atoms with Crippen molar-refractivity contribution in [1.82, 2.24) is 31.2 Å². The Morgan fingerprint density at radius 2 is 1.69 bits per heavy atom. The average molecular weight is 627 g/mol. The first-order valence-electron chi connectivity index (χ1n) is 15.5. The number of aromatic amines is 1. The van der Waals surface area contributed by atoms with E-state index in [0.29, 0.717) is 62.3 Å². The van der Waals surface area contributed by atoms with Gasteiger partial charge in [-0.05, 0) is 68.4 Å². The summed E-state index contributed by atoms with van der Waals surface area (Å²) in [6.45, 7) is 6.46. The van der Waals surface area contributed by atoms with E-state index in [-0.39, 0.29) is 37.3 Å². The monoisotopic (exact) mass is 626 g/mol. The number of fused-ring (bicyclic) bond motifs is 2. The summed E-state index contributed by atoms with van der Waals surface area (Å²) in [7, 11) is 0. The molecule has 5 amide bonds. The maximum Gasteiger partial charge on any atom is 0.270 e. The molecule has 0 fully saturated rings. The SMILES string of the molecule is CC(C)C[C@H]1NC(=O)Cc2cccc(c2)OCC(=O)NCCCN(C(=O)c2ccc[nH]2)CCCCNC(=O)[C@H]([C@@H](C)O)NC1=O. The summed E-state index contributed by atoms with van der Waals surface area (Å²) in [5.41, 5.74) is 1.08. The lowest BCUT2D eigenvalue weighted by atomic mass is 10.0. The molecule has 1 aromatic carbocycles. The van der Waals surface area contributed by atoms with E-state index < -0.39 is 35.9 Å². The summed E-state index contributed by atoms with van der Waals surface area (Å²) >= 11 is 0. The maximum atomic E-state index is 13.3. The fourth-order valence-corrected chi connectivity index (χ4v) is 4.93. The molecule has 6 N–H and O–H groups in total. The third-order valence-electron chi connectivity index (χ3n) is 7.25. The van der Waals surface area contributed by atoms with Crippen molar-refractivity contribution in [3.8, 4) is 5.75 Å². The van der Waals surface area contributed by atoms with Crippen LogP contribution < -0.4 is 26.0 Å². The molecule has 3 atom stereocenters. The van der Waals surface area contributed by atoms with Crippen molar-refractivity contribution in [2.24, 2.45) is 5.92 Å². The minimum atomic E-state index is -1.22. The fraction of sp³-hybridized carbons (Fsp3) is 0.531. The Kier molecular flexibility index (Phi) is 13.9. The molecular weight excluding hydrogens is 580 g/mol. The number of hydrogen-bond acceptors (Lipinski definition) is 7. The molecule has 45 heavy (non-hydrogen) atoms. The Balaban J connectivity index is 1.76. The summed E-state index contributed by atoms with van der Waals surface area (Å²) in [6.07, 6.45) is 2.43. The number of aliphatic hydroxyl groups is 1. The normalized spacial score (nSPS) is 21.0. The zero-order chi connectivity index (χ0) is 32.8. The van der Waals surface area contributed by atoms with Crippen molar-refractivity contribution in [1.29, 1.82) is 0 Å². The summed E-state index contributed by atoms with van der Waals surface area (Å²) in [4.78, 5) is 69.3. The maximum absolute atomic E-state index is 13.3. The first-order valence-corrected chi connectivity index (χ1v) is 15.5. The van der Waals surface area contributed by atoms with E-state index in [9.17, 15) is 29.1 Å². The second kappa shape index (κ2) is 17.8. The van der Waals surface area contributed by atoms with Crippen molar-refractivity contribution in [2.45, 2.75) is 71.1 Å². The molecule has 2 bridgehead atoms. The van der Waals surface area contributed by atoms with Gasteiger partial charge >= 0.3 is 0 Å². The van der Waals surface area contributed by atoms with Crippen LogP contribution in [-0.4, -0.2) is 95.5 Å². The fourth-order valence-electron chi connectivity index (χ4n) is 4.93. The van der Waals surface area contributed by atoms with Crippen molar-refractivity contribution >= 4 is 29.5 Å². The van der Waals surface area contributed by atoms with Gasteiger partial charge in [0.15, 0.2) is 6.61 Å². The number of hydrogen-bond donors (Lipinski definition) is 6. The molecule has 0 saturated heterocycles. The predicted molar refractivity (Wildman–Crippen MR) is 167 cm³/mol. The van der Waals surface area contributed by atoms with Gasteiger partial charge in [-0.1, -0.05) is 26.0 Å². The summed E-state index contributed by atoms with van der Waals surface area (Å²) < 4.78 is 5.64. The molecule has 3 rings (SSSR count). The van der Waals surface area contributed by atoms with Crippen LogP contribution in [0, 0.1) is 5.92 Å². The van der Waals surface area contributed by atoms with Gasteiger partial charge in [0.2, 0.25) is 17.7 Å². The van der Waals surface area contributed by atoms with Gasteiger partial charge in [-0.15, -0.1) is 0 Å². The van der Waals surface area contributed by atoms with E-state index in [2.05, 4.69) is 26.3 Å². The lowest BCUT2D eigenvalue weighted by Crippen LogP contribution is -2.57. The van der Waals surface area contributed by atoms with Gasteiger partial charge < -0.3 is 41.0 Å². The highest BCUT2D eigenvalue weighted by Crippen LogP contribution is 2.15. The van der Waals surface area contributed by atoms with Gasteiger partial charge in [0, 0.05) is 32.4 Å². The number of nitrogens with zero attached hydrogens (tertiary/aromatic N) is 1. The highest BCUT2D eigenvalue weighted by molar-refractivity contribution is 5.93. The minimum absolute atomic E-state index is 0.0384. The molecule has 13 nitrogen and oxygen atoms in total. The quantitative estimate of drug-likeness (QED) is 0.291. The topological polar surface area (TPSA) is 182 Å². The molecule has 2 heterocycles. The largest absolute Gasteiger partial charge is 0.484 e. The third kappa shape index (κ3) is 11.9. The number of benzene rings is 1. The Hall–Kier alpha value is -4.39. The highest BCUT2D eigenvalue weighted by Gasteiger charge is 2.30. The number of amides is 5. The number of carbonyl (C=O) groups excluding carboxylic acids is 5. The number of H-pyrrole nitrogens is 1. The number of carbonyl (C=O) groups is 5. The zero-order valence-electron chi connectivity index (χ0n) is 26.3. The van der Waals surface area contributed by atoms with Crippen molar-refractivity contribution in [3.05, 3.63) is 53.9 Å². The lowest BCUT2D eigenvalue weighted by Gasteiger charge is -2.26. The average Bonchev–Trinajstić information content (AvgIpc) is 3.53. The van der Waals surface area contributed by atoms with Crippen LogP contribution in [0.5, 0.6) is 5.75 Å². The van der Waals surface area contributed by atoms with E-state index in [4.69, 9.17) is 4.74 Å². The third-order valence-corrected chi connectivity index (χ3v) is 7.25. The van der Waals surface area contributed by atoms with Gasteiger partial charge in [0.1, 0.15) is 23.5 Å². The Morgan fingerprint density at radius 3 is 2.40 bits per heavy atom. The zero-order valence-corrected chi connectivity index (χ0v) is 26.3. The first-order chi connectivity index (χ1) is 21.5. The summed E-state index contributed by atoms with van der Waals surface area (Å²) in [6, 6.07) is 8.08. The van der Waals surface area contributed by atoms with Crippen LogP contribution in [0.4, 0.5) is 0 Å². The van der Waals surface area contributed by atoms with Crippen LogP contribution >= 0.6 is 0 Å². The minimum Gasteiger partial charge on any atom is -0.484 e. The molecule has 0 unspecified atom stereocenters. The molecule has 0 radical (unpaired) electrons.